The maximum Gasteiger partial charge on any atom is 0.0711 e. The van der Waals surface area contributed by atoms with Crippen LogP contribution >= 0.6 is 0 Å². The molecule has 0 spiro atoms. The molecule has 0 fully saturated rings. The summed E-state index contributed by atoms with van der Waals surface area (Å²) < 4.78 is 0. The van der Waals surface area contributed by atoms with Gasteiger partial charge in [0.2, 0.25) is 0 Å². The molecule has 3 heterocycles. The highest BCUT2D eigenvalue weighted by molar-refractivity contribution is 5.82. The average molecular weight is 246 g/mol. The fourth-order valence-electron chi connectivity index (χ4n) is 1.93. The predicted molar refractivity (Wildman–Crippen MR) is 76.1 cm³/mol. The smallest absolute Gasteiger partial charge is 0.0711 e. The molecule has 0 unspecified atom stereocenters. The first-order chi connectivity index (χ1) is 9.45. The van der Waals surface area contributed by atoms with Crippen LogP contribution in [0.5, 0.6) is 0 Å². The second-order valence-corrected chi connectivity index (χ2v) is 4.02. The Labute approximate surface area is 112 Å². The minimum Gasteiger partial charge on any atom is -0.663 e. The second kappa shape index (κ2) is 5.31. The highest BCUT2D eigenvalue weighted by Gasteiger charge is 2.08. The number of hydrogen-bond donors (Lipinski definition) is 0. The van der Waals surface area contributed by atoms with Gasteiger partial charge >= 0.3 is 0 Å². The SMILES string of the molecule is C1=C[N-]C(=C(c2ccccn2)c2ccccn2)C=C1. The van der Waals surface area contributed by atoms with Gasteiger partial charge in [0.25, 0.3) is 0 Å². The molecule has 3 rings (SSSR count). The largest absolute Gasteiger partial charge is 0.663 e. The molecule has 0 saturated heterocycles. The Morgan fingerprint density at radius 3 is 2.00 bits per heavy atom. The molecule has 0 radical (unpaired) electrons. The third kappa shape index (κ3) is 2.45. The normalized spacial score (nSPS) is 13.2. The van der Waals surface area contributed by atoms with E-state index in [-0.39, 0.29) is 0 Å². The number of aromatic nitrogens is 2. The zero-order valence-corrected chi connectivity index (χ0v) is 10.3. The molecular weight excluding hydrogens is 234 g/mol. The van der Waals surface area contributed by atoms with Crippen LogP contribution in [0.1, 0.15) is 11.4 Å². The molecule has 3 nitrogen and oxygen atoms in total. The molecule has 0 bridgehead atoms. The van der Waals surface area contributed by atoms with Crippen LogP contribution in [0.15, 0.2) is 78.9 Å². The zero-order chi connectivity index (χ0) is 12.9. The number of allylic oxidation sites excluding steroid dienone is 3. The van der Waals surface area contributed by atoms with Crippen molar-refractivity contribution in [1.82, 2.24) is 9.97 Å². The van der Waals surface area contributed by atoms with Gasteiger partial charge in [-0.25, -0.2) is 0 Å². The van der Waals surface area contributed by atoms with E-state index in [1.54, 1.807) is 18.6 Å². The van der Waals surface area contributed by atoms with Gasteiger partial charge in [0.15, 0.2) is 0 Å². The van der Waals surface area contributed by atoms with Crippen molar-refractivity contribution in [3.8, 4) is 0 Å². The van der Waals surface area contributed by atoms with E-state index in [2.05, 4.69) is 15.3 Å². The van der Waals surface area contributed by atoms with E-state index in [9.17, 15) is 0 Å². The Hall–Kier alpha value is -2.68. The zero-order valence-electron chi connectivity index (χ0n) is 10.3. The summed E-state index contributed by atoms with van der Waals surface area (Å²) in [5.41, 5.74) is 3.57. The van der Waals surface area contributed by atoms with E-state index in [4.69, 9.17) is 0 Å². The fraction of sp³-hybridized carbons (Fsp3) is 0. The first-order valence-electron chi connectivity index (χ1n) is 6.06. The van der Waals surface area contributed by atoms with Gasteiger partial charge in [0.05, 0.1) is 11.4 Å². The van der Waals surface area contributed by atoms with Crippen molar-refractivity contribution in [3.05, 3.63) is 95.6 Å². The molecule has 0 aliphatic carbocycles. The highest BCUT2D eigenvalue weighted by Crippen LogP contribution is 2.29. The number of rotatable bonds is 2. The molecule has 0 atom stereocenters. The lowest BCUT2D eigenvalue weighted by molar-refractivity contribution is 1.21. The molecule has 0 saturated carbocycles. The summed E-state index contributed by atoms with van der Waals surface area (Å²) in [6.45, 7) is 0. The van der Waals surface area contributed by atoms with Crippen LogP contribution in [0.3, 0.4) is 0 Å². The minimum atomic E-state index is 0.875. The van der Waals surface area contributed by atoms with Crippen molar-refractivity contribution in [3.63, 3.8) is 0 Å². The Morgan fingerprint density at radius 1 is 0.842 bits per heavy atom. The monoisotopic (exact) mass is 246 g/mol. The van der Waals surface area contributed by atoms with Gasteiger partial charge in [-0.05, 0) is 24.3 Å². The van der Waals surface area contributed by atoms with E-state index < -0.39 is 0 Å². The van der Waals surface area contributed by atoms with Gasteiger partial charge < -0.3 is 5.32 Å². The minimum absolute atomic E-state index is 0.875. The lowest BCUT2D eigenvalue weighted by Gasteiger charge is -2.25. The first kappa shape index (κ1) is 11.4. The van der Waals surface area contributed by atoms with Gasteiger partial charge in [-0.1, -0.05) is 30.4 Å². The van der Waals surface area contributed by atoms with Gasteiger partial charge in [0.1, 0.15) is 0 Å². The maximum absolute atomic E-state index is 4.41. The Morgan fingerprint density at radius 2 is 1.53 bits per heavy atom. The van der Waals surface area contributed by atoms with Crippen LogP contribution in [0.25, 0.3) is 10.9 Å². The predicted octanol–water partition coefficient (Wildman–Crippen LogP) is 3.69. The molecule has 19 heavy (non-hydrogen) atoms. The van der Waals surface area contributed by atoms with E-state index >= 15 is 0 Å². The van der Waals surface area contributed by atoms with E-state index in [0.29, 0.717) is 0 Å². The second-order valence-electron chi connectivity index (χ2n) is 4.02. The number of hydrogen-bond acceptors (Lipinski definition) is 2. The van der Waals surface area contributed by atoms with Crippen molar-refractivity contribution in [2.75, 3.05) is 0 Å². The number of pyridine rings is 2. The van der Waals surface area contributed by atoms with E-state index in [1.165, 1.54) is 0 Å². The third-order valence-corrected chi connectivity index (χ3v) is 2.76. The molecule has 0 aromatic carbocycles. The molecule has 0 amide bonds. The van der Waals surface area contributed by atoms with Crippen LogP contribution in [-0.2, 0) is 0 Å². The lowest BCUT2D eigenvalue weighted by atomic mass is 10.0. The van der Waals surface area contributed by atoms with Gasteiger partial charge in [-0.3, -0.25) is 9.97 Å². The molecule has 1 aliphatic rings. The fourth-order valence-corrected chi connectivity index (χ4v) is 1.93. The Kier molecular flexibility index (Phi) is 3.19. The van der Waals surface area contributed by atoms with Crippen LogP contribution in [0, 0.1) is 0 Å². The van der Waals surface area contributed by atoms with Crippen molar-refractivity contribution in [2.45, 2.75) is 0 Å². The molecule has 3 heteroatoms. The summed E-state index contributed by atoms with van der Waals surface area (Å²) in [7, 11) is 0. The highest BCUT2D eigenvalue weighted by atomic mass is 14.9. The summed E-state index contributed by atoms with van der Waals surface area (Å²) in [4.78, 5) is 8.83. The average Bonchev–Trinajstić information content (AvgIpc) is 2.51. The van der Waals surface area contributed by atoms with E-state index in [0.717, 1.165) is 22.7 Å². The molecular formula is C16H12N3-. The molecule has 92 valence electrons. The molecule has 0 N–H and O–H groups in total. The standard InChI is InChI=1S/C16H12N3/c1-4-10-17-13(7-1)16(14-8-2-5-11-18-14)15-9-3-6-12-19-15/h1-12H/q-1. The molecule has 2 aromatic rings. The van der Waals surface area contributed by atoms with Gasteiger partial charge in [-0.2, -0.15) is 6.20 Å². The van der Waals surface area contributed by atoms with Gasteiger partial charge in [-0.15, -0.1) is 5.70 Å². The Bertz CT molecular complexity index is 599. The third-order valence-electron chi connectivity index (χ3n) is 2.76. The van der Waals surface area contributed by atoms with Crippen LogP contribution in [0.4, 0.5) is 0 Å². The molecule has 1 aliphatic heterocycles. The van der Waals surface area contributed by atoms with E-state index in [1.807, 2.05) is 54.6 Å². The maximum atomic E-state index is 4.41. The van der Waals surface area contributed by atoms with Crippen molar-refractivity contribution < 1.29 is 0 Å². The van der Waals surface area contributed by atoms with Crippen LogP contribution < -0.4 is 0 Å². The quantitative estimate of drug-likeness (QED) is 0.810. The summed E-state index contributed by atoms with van der Waals surface area (Å²) in [5.74, 6) is 0. The Balaban J connectivity index is 2.17. The number of nitrogens with zero attached hydrogens (tertiary/aromatic N) is 3. The summed E-state index contributed by atoms with van der Waals surface area (Å²) in [6, 6.07) is 11.7. The van der Waals surface area contributed by atoms with Crippen molar-refractivity contribution in [2.24, 2.45) is 0 Å². The van der Waals surface area contributed by atoms with Crippen LogP contribution in [0.2, 0.25) is 0 Å². The van der Waals surface area contributed by atoms with Crippen molar-refractivity contribution >= 4 is 5.57 Å². The summed E-state index contributed by atoms with van der Waals surface area (Å²) >= 11 is 0. The molecule has 2 aromatic heterocycles. The first-order valence-corrected chi connectivity index (χ1v) is 6.06. The van der Waals surface area contributed by atoms with Crippen LogP contribution in [-0.4, -0.2) is 9.97 Å². The topological polar surface area (TPSA) is 39.9 Å². The lowest BCUT2D eigenvalue weighted by Crippen LogP contribution is -1.97. The van der Waals surface area contributed by atoms with Crippen molar-refractivity contribution in [1.29, 1.82) is 0 Å². The summed E-state index contributed by atoms with van der Waals surface area (Å²) in [5, 5.41) is 4.41. The van der Waals surface area contributed by atoms with Gasteiger partial charge in [0, 0.05) is 18.0 Å². The summed E-state index contributed by atoms with van der Waals surface area (Å²) in [6.07, 6.45) is 11.2.